The minimum atomic E-state index is -1.000. The van der Waals surface area contributed by atoms with E-state index in [1.165, 1.54) is 18.3 Å². The fraction of sp³-hybridized carbons (Fsp3) is 0. The molecule has 0 fully saturated rings. The van der Waals surface area contributed by atoms with E-state index in [1.54, 1.807) is 24.3 Å². The summed E-state index contributed by atoms with van der Waals surface area (Å²) < 4.78 is 0. The molecule has 1 N–H and O–H groups in total. The van der Waals surface area contributed by atoms with Crippen LogP contribution >= 0.6 is 0 Å². The molecule has 0 spiro atoms. The molecular weight excluding hydrogens is 218 g/mol. The molecule has 1 aromatic carbocycles. The van der Waals surface area contributed by atoms with Crippen molar-refractivity contribution in [2.75, 3.05) is 0 Å². The predicted octanol–water partition coefficient (Wildman–Crippen LogP) is 2.26. The summed E-state index contributed by atoms with van der Waals surface area (Å²) in [5.74, 6) is -1.000. The molecule has 84 valence electrons. The second-order valence-electron chi connectivity index (χ2n) is 3.48. The number of aldehydes is 1. The van der Waals surface area contributed by atoms with Crippen molar-refractivity contribution in [3.05, 3.63) is 53.7 Å². The van der Waals surface area contributed by atoms with Gasteiger partial charge < -0.3 is 5.11 Å². The summed E-state index contributed by atoms with van der Waals surface area (Å²) in [5.41, 5.74) is 1.96. The van der Waals surface area contributed by atoms with E-state index in [-0.39, 0.29) is 5.56 Å². The Kier molecular flexibility index (Phi) is 2.96. The monoisotopic (exact) mass is 227 g/mol. The van der Waals surface area contributed by atoms with Gasteiger partial charge in [0.2, 0.25) is 0 Å². The lowest BCUT2D eigenvalue weighted by Crippen LogP contribution is -1.97. The molecule has 0 atom stereocenters. The van der Waals surface area contributed by atoms with Crippen molar-refractivity contribution >= 4 is 12.3 Å². The summed E-state index contributed by atoms with van der Waals surface area (Å²) in [7, 11) is 0. The van der Waals surface area contributed by atoms with Crippen LogP contribution in [0.2, 0.25) is 0 Å². The van der Waals surface area contributed by atoms with Crippen LogP contribution in [0.25, 0.3) is 11.3 Å². The van der Waals surface area contributed by atoms with Crippen LogP contribution in [-0.4, -0.2) is 22.3 Å². The lowest BCUT2D eigenvalue weighted by atomic mass is 10.1. The highest BCUT2D eigenvalue weighted by molar-refractivity contribution is 5.89. The van der Waals surface area contributed by atoms with Crippen molar-refractivity contribution in [2.24, 2.45) is 0 Å². The van der Waals surface area contributed by atoms with E-state index in [0.29, 0.717) is 11.3 Å². The molecule has 0 radical (unpaired) electrons. The minimum Gasteiger partial charge on any atom is -0.478 e. The minimum absolute atomic E-state index is 0.173. The van der Waals surface area contributed by atoms with Crippen LogP contribution in [0.3, 0.4) is 0 Å². The first kappa shape index (κ1) is 11.0. The van der Waals surface area contributed by atoms with Gasteiger partial charge in [-0.15, -0.1) is 0 Å². The molecule has 2 aromatic rings. The van der Waals surface area contributed by atoms with Gasteiger partial charge in [-0.05, 0) is 18.2 Å². The van der Waals surface area contributed by atoms with Gasteiger partial charge in [-0.3, -0.25) is 9.78 Å². The summed E-state index contributed by atoms with van der Waals surface area (Å²) >= 11 is 0. The van der Waals surface area contributed by atoms with E-state index in [0.717, 1.165) is 11.8 Å². The number of aromatic nitrogens is 1. The Morgan fingerprint density at radius 1 is 1.24 bits per heavy atom. The second kappa shape index (κ2) is 4.57. The molecule has 1 aromatic heterocycles. The maximum atomic E-state index is 10.8. The van der Waals surface area contributed by atoms with Crippen molar-refractivity contribution in [3.63, 3.8) is 0 Å². The first-order chi connectivity index (χ1) is 8.20. The Bertz CT molecular complexity index is 578. The molecule has 17 heavy (non-hydrogen) atoms. The number of benzene rings is 1. The Balaban J connectivity index is 2.48. The number of rotatable bonds is 3. The van der Waals surface area contributed by atoms with E-state index in [1.807, 2.05) is 0 Å². The van der Waals surface area contributed by atoms with Crippen LogP contribution < -0.4 is 0 Å². The zero-order chi connectivity index (χ0) is 12.3. The average Bonchev–Trinajstić information content (AvgIpc) is 2.39. The number of nitrogens with zero attached hydrogens (tertiary/aromatic N) is 1. The van der Waals surface area contributed by atoms with Crippen molar-refractivity contribution < 1.29 is 14.7 Å². The van der Waals surface area contributed by atoms with Gasteiger partial charge in [-0.2, -0.15) is 0 Å². The number of hydrogen-bond acceptors (Lipinski definition) is 3. The average molecular weight is 227 g/mol. The first-order valence-corrected chi connectivity index (χ1v) is 4.95. The van der Waals surface area contributed by atoms with Gasteiger partial charge in [0.25, 0.3) is 0 Å². The summed E-state index contributed by atoms with van der Waals surface area (Å²) in [6.07, 6.45) is 2.18. The zero-order valence-electron chi connectivity index (χ0n) is 8.83. The molecule has 0 aliphatic carbocycles. The number of carbonyl (C=O) groups excluding carboxylic acids is 1. The number of hydrogen-bond donors (Lipinski definition) is 1. The maximum Gasteiger partial charge on any atom is 0.335 e. The van der Waals surface area contributed by atoms with Gasteiger partial charge in [-0.25, -0.2) is 4.79 Å². The molecule has 0 amide bonds. The smallest absolute Gasteiger partial charge is 0.335 e. The number of carbonyl (C=O) groups is 2. The number of carboxylic acid groups (broad SMARTS) is 1. The summed E-state index contributed by atoms with van der Waals surface area (Å²) in [6.45, 7) is 0. The highest BCUT2D eigenvalue weighted by Crippen LogP contribution is 2.18. The molecule has 0 bridgehead atoms. The molecule has 0 saturated carbocycles. The number of pyridine rings is 1. The van der Waals surface area contributed by atoms with Crippen LogP contribution in [0.1, 0.15) is 20.7 Å². The van der Waals surface area contributed by atoms with E-state index in [9.17, 15) is 9.59 Å². The Morgan fingerprint density at radius 2 is 2.06 bits per heavy atom. The van der Waals surface area contributed by atoms with Crippen molar-refractivity contribution in [2.45, 2.75) is 0 Å². The lowest BCUT2D eigenvalue weighted by Gasteiger charge is -2.02. The van der Waals surface area contributed by atoms with Crippen molar-refractivity contribution in [1.29, 1.82) is 0 Å². The van der Waals surface area contributed by atoms with Crippen LogP contribution in [0, 0.1) is 0 Å². The molecular formula is C13H9NO3. The van der Waals surface area contributed by atoms with Crippen LogP contribution in [0.4, 0.5) is 0 Å². The Hall–Kier alpha value is -2.49. The van der Waals surface area contributed by atoms with Gasteiger partial charge >= 0.3 is 5.97 Å². The maximum absolute atomic E-state index is 10.8. The number of carboxylic acids is 1. The standard InChI is InChI=1S/C13H9NO3/c15-8-9-2-1-3-10(6-9)12-7-11(13(16)17)4-5-14-12/h1-8H,(H,16,17). The third-order valence-electron chi connectivity index (χ3n) is 2.33. The molecule has 0 aliphatic rings. The molecule has 4 nitrogen and oxygen atoms in total. The highest BCUT2D eigenvalue weighted by Gasteiger charge is 2.06. The molecule has 0 unspecified atom stereocenters. The fourth-order valence-electron chi connectivity index (χ4n) is 1.49. The van der Waals surface area contributed by atoms with E-state index in [2.05, 4.69) is 4.98 Å². The van der Waals surface area contributed by atoms with Gasteiger partial charge in [0.05, 0.1) is 11.3 Å². The van der Waals surface area contributed by atoms with Gasteiger partial charge in [0.1, 0.15) is 6.29 Å². The molecule has 4 heteroatoms. The van der Waals surface area contributed by atoms with Crippen LogP contribution in [-0.2, 0) is 0 Å². The summed E-state index contributed by atoms with van der Waals surface area (Å²) in [5, 5.41) is 8.87. The SMILES string of the molecule is O=Cc1cccc(-c2cc(C(=O)O)ccn2)c1. The summed E-state index contributed by atoms with van der Waals surface area (Å²) in [4.78, 5) is 25.6. The second-order valence-corrected chi connectivity index (χ2v) is 3.48. The predicted molar refractivity (Wildman–Crippen MR) is 62.0 cm³/mol. The third-order valence-corrected chi connectivity index (χ3v) is 2.33. The fourth-order valence-corrected chi connectivity index (χ4v) is 1.49. The molecule has 2 rings (SSSR count). The van der Waals surface area contributed by atoms with Gasteiger partial charge in [0, 0.05) is 17.3 Å². The van der Waals surface area contributed by atoms with Gasteiger partial charge in [0.15, 0.2) is 0 Å². The normalized spacial score (nSPS) is 9.88. The van der Waals surface area contributed by atoms with Crippen molar-refractivity contribution in [1.82, 2.24) is 4.98 Å². The Labute approximate surface area is 97.6 Å². The van der Waals surface area contributed by atoms with Crippen LogP contribution in [0.15, 0.2) is 42.6 Å². The van der Waals surface area contributed by atoms with Gasteiger partial charge in [-0.1, -0.05) is 18.2 Å². The Morgan fingerprint density at radius 3 is 2.76 bits per heavy atom. The van der Waals surface area contributed by atoms with E-state index >= 15 is 0 Å². The topological polar surface area (TPSA) is 67.3 Å². The molecule has 1 heterocycles. The zero-order valence-corrected chi connectivity index (χ0v) is 8.83. The third kappa shape index (κ3) is 2.36. The first-order valence-electron chi connectivity index (χ1n) is 4.95. The van der Waals surface area contributed by atoms with E-state index in [4.69, 9.17) is 5.11 Å². The lowest BCUT2D eigenvalue weighted by molar-refractivity contribution is 0.0696. The van der Waals surface area contributed by atoms with E-state index < -0.39 is 5.97 Å². The largest absolute Gasteiger partial charge is 0.478 e. The van der Waals surface area contributed by atoms with Crippen LogP contribution in [0.5, 0.6) is 0 Å². The summed E-state index contributed by atoms with van der Waals surface area (Å²) in [6, 6.07) is 9.76. The molecule has 0 aliphatic heterocycles. The molecule has 0 saturated heterocycles. The quantitative estimate of drug-likeness (QED) is 0.816. The highest BCUT2D eigenvalue weighted by atomic mass is 16.4. The van der Waals surface area contributed by atoms with Crippen molar-refractivity contribution in [3.8, 4) is 11.3 Å². The number of aromatic carboxylic acids is 1.